The van der Waals surface area contributed by atoms with Crippen molar-refractivity contribution in [3.63, 3.8) is 0 Å². The van der Waals surface area contributed by atoms with E-state index >= 15 is 0 Å². The van der Waals surface area contributed by atoms with Gasteiger partial charge in [0.05, 0.1) is 6.42 Å². The normalized spacial score (nSPS) is 13.6. The molecule has 0 saturated carbocycles. The molecular weight excluding hydrogens is 219 g/mol. The second kappa shape index (κ2) is 5.21. The highest BCUT2D eigenvalue weighted by Gasteiger charge is 2.30. The van der Waals surface area contributed by atoms with Crippen LogP contribution < -0.4 is 5.73 Å². The molecule has 0 amide bonds. The lowest BCUT2D eigenvalue weighted by molar-refractivity contribution is -0.127. The standard InChI is InChI=1S/C7H11ClF3N3/c1-13-14(2)6(8)5(4-12)3-7(9,10)11/h1,3-4,12H2,2H3/b6-5+. The molecule has 0 aliphatic heterocycles. The molecule has 0 aliphatic rings. The first-order valence-electron chi connectivity index (χ1n) is 3.66. The van der Waals surface area contributed by atoms with Gasteiger partial charge in [-0.3, -0.25) is 5.01 Å². The van der Waals surface area contributed by atoms with Crippen LogP contribution in [0.25, 0.3) is 0 Å². The third kappa shape index (κ3) is 4.48. The quantitative estimate of drug-likeness (QED) is 0.455. The summed E-state index contributed by atoms with van der Waals surface area (Å²) in [5.74, 6) is 0. The van der Waals surface area contributed by atoms with Crippen LogP contribution in [0.2, 0.25) is 0 Å². The van der Waals surface area contributed by atoms with Crippen LogP contribution in [-0.2, 0) is 0 Å². The summed E-state index contributed by atoms with van der Waals surface area (Å²) in [5, 5.41) is 4.26. The Morgan fingerprint density at radius 2 is 2.07 bits per heavy atom. The Bertz CT molecular complexity index is 237. The third-order valence-electron chi connectivity index (χ3n) is 1.45. The fraction of sp³-hybridized carbons (Fsp3) is 0.571. The molecule has 0 fully saturated rings. The first-order chi connectivity index (χ1) is 6.31. The van der Waals surface area contributed by atoms with E-state index in [1.807, 2.05) is 0 Å². The largest absolute Gasteiger partial charge is 0.392 e. The third-order valence-corrected chi connectivity index (χ3v) is 1.96. The lowest BCUT2D eigenvalue weighted by atomic mass is 10.2. The van der Waals surface area contributed by atoms with Crippen LogP contribution in [0.15, 0.2) is 15.8 Å². The molecule has 0 rings (SSSR count). The Hall–Kier alpha value is -0.750. The van der Waals surface area contributed by atoms with E-state index in [1.165, 1.54) is 7.05 Å². The molecule has 7 heteroatoms. The first kappa shape index (κ1) is 13.2. The molecule has 82 valence electrons. The molecule has 0 unspecified atom stereocenters. The summed E-state index contributed by atoms with van der Waals surface area (Å²) in [4.78, 5) is 0. The van der Waals surface area contributed by atoms with Crippen molar-refractivity contribution in [1.29, 1.82) is 0 Å². The number of hydrazone groups is 1. The Morgan fingerprint density at radius 3 is 2.36 bits per heavy atom. The molecule has 0 bridgehead atoms. The van der Waals surface area contributed by atoms with Crippen LogP contribution >= 0.6 is 11.6 Å². The zero-order valence-corrected chi connectivity index (χ0v) is 8.36. The Labute approximate surface area is 85.0 Å². The minimum Gasteiger partial charge on any atom is -0.327 e. The van der Waals surface area contributed by atoms with Gasteiger partial charge in [-0.05, 0) is 5.57 Å². The van der Waals surface area contributed by atoms with Crippen molar-refractivity contribution in [1.82, 2.24) is 5.01 Å². The van der Waals surface area contributed by atoms with Crippen LogP contribution in [0.3, 0.4) is 0 Å². The van der Waals surface area contributed by atoms with Crippen LogP contribution in [0, 0.1) is 0 Å². The van der Waals surface area contributed by atoms with Gasteiger partial charge < -0.3 is 5.73 Å². The lowest BCUT2D eigenvalue weighted by Gasteiger charge is -2.16. The van der Waals surface area contributed by atoms with Crippen molar-refractivity contribution in [3.05, 3.63) is 10.7 Å². The molecule has 0 spiro atoms. The number of nitrogens with two attached hydrogens (primary N) is 1. The number of nitrogens with zero attached hydrogens (tertiary/aromatic N) is 2. The van der Waals surface area contributed by atoms with Gasteiger partial charge >= 0.3 is 6.18 Å². The predicted octanol–water partition coefficient (Wildman–Crippen LogP) is 1.90. The number of alkyl halides is 3. The molecule has 2 N–H and O–H groups in total. The summed E-state index contributed by atoms with van der Waals surface area (Å²) in [7, 11) is 1.39. The zero-order valence-electron chi connectivity index (χ0n) is 7.60. The van der Waals surface area contributed by atoms with Gasteiger partial charge in [0, 0.05) is 20.3 Å². The molecule has 0 heterocycles. The van der Waals surface area contributed by atoms with Crippen LogP contribution in [-0.4, -0.2) is 31.5 Å². The molecule has 14 heavy (non-hydrogen) atoms. The summed E-state index contributed by atoms with van der Waals surface area (Å²) >= 11 is 5.60. The maximum Gasteiger partial charge on any atom is 0.392 e. The second-order valence-corrected chi connectivity index (χ2v) is 2.91. The molecule has 0 aromatic carbocycles. The molecule has 0 aliphatic carbocycles. The van der Waals surface area contributed by atoms with Gasteiger partial charge in [-0.2, -0.15) is 18.3 Å². The van der Waals surface area contributed by atoms with Crippen molar-refractivity contribution in [2.45, 2.75) is 12.6 Å². The first-order valence-corrected chi connectivity index (χ1v) is 4.04. The fourth-order valence-electron chi connectivity index (χ4n) is 0.762. The highest BCUT2D eigenvalue weighted by molar-refractivity contribution is 6.29. The maximum absolute atomic E-state index is 12.0. The van der Waals surface area contributed by atoms with Gasteiger partial charge in [0.15, 0.2) is 0 Å². The molecule has 0 atom stereocenters. The monoisotopic (exact) mass is 229 g/mol. The van der Waals surface area contributed by atoms with Gasteiger partial charge in [0.1, 0.15) is 5.16 Å². The SMILES string of the molecule is C=NN(C)/C(Cl)=C(/CN)CC(F)(F)F. The lowest BCUT2D eigenvalue weighted by Crippen LogP contribution is -2.19. The summed E-state index contributed by atoms with van der Waals surface area (Å²) in [5.41, 5.74) is 5.03. The van der Waals surface area contributed by atoms with E-state index in [-0.39, 0.29) is 17.3 Å². The second-order valence-electron chi connectivity index (χ2n) is 2.56. The average Bonchev–Trinajstić information content (AvgIpc) is 2.10. The van der Waals surface area contributed by atoms with Crippen molar-refractivity contribution in [3.8, 4) is 0 Å². The minimum atomic E-state index is -4.32. The number of hydrogen-bond donors (Lipinski definition) is 1. The topological polar surface area (TPSA) is 41.6 Å². The van der Waals surface area contributed by atoms with Crippen molar-refractivity contribution in [2.75, 3.05) is 13.6 Å². The molecule has 0 aromatic rings. The maximum atomic E-state index is 12.0. The Morgan fingerprint density at radius 1 is 1.57 bits per heavy atom. The van der Waals surface area contributed by atoms with E-state index in [2.05, 4.69) is 11.8 Å². The highest BCUT2D eigenvalue weighted by atomic mass is 35.5. The summed E-state index contributed by atoms with van der Waals surface area (Å²) in [6.45, 7) is 2.86. The van der Waals surface area contributed by atoms with E-state index in [9.17, 15) is 13.2 Å². The van der Waals surface area contributed by atoms with Gasteiger partial charge in [0.2, 0.25) is 0 Å². The van der Waals surface area contributed by atoms with Crippen LogP contribution in [0.5, 0.6) is 0 Å². The molecule has 0 radical (unpaired) electrons. The van der Waals surface area contributed by atoms with E-state index in [0.29, 0.717) is 0 Å². The summed E-state index contributed by atoms with van der Waals surface area (Å²) in [6.07, 6.45) is -5.46. The summed E-state index contributed by atoms with van der Waals surface area (Å²) in [6, 6.07) is 0. The number of halogens is 4. The van der Waals surface area contributed by atoms with E-state index in [4.69, 9.17) is 17.3 Å². The van der Waals surface area contributed by atoms with Gasteiger partial charge in [-0.1, -0.05) is 11.6 Å². The molecule has 0 saturated heterocycles. The molecule has 0 aromatic heterocycles. The van der Waals surface area contributed by atoms with Crippen molar-refractivity contribution in [2.24, 2.45) is 10.8 Å². The highest BCUT2D eigenvalue weighted by Crippen LogP contribution is 2.27. The van der Waals surface area contributed by atoms with Crippen molar-refractivity contribution >= 4 is 18.3 Å². The summed E-state index contributed by atoms with van der Waals surface area (Å²) < 4.78 is 36.0. The fourth-order valence-corrected chi connectivity index (χ4v) is 0.960. The predicted molar refractivity (Wildman–Crippen MR) is 49.9 cm³/mol. The van der Waals surface area contributed by atoms with E-state index in [1.54, 1.807) is 0 Å². The smallest absolute Gasteiger partial charge is 0.327 e. The van der Waals surface area contributed by atoms with Crippen LogP contribution in [0.1, 0.15) is 6.42 Å². The Balaban J connectivity index is 4.76. The molecular formula is C7H11ClF3N3. The van der Waals surface area contributed by atoms with E-state index < -0.39 is 12.6 Å². The number of rotatable bonds is 4. The van der Waals surface area contributed by atoms with Gasteiger partial charge in [-0.15, -0.1) is 0 Å². The Kier molecular flexibility index (Phi) is 4.93. The van der Waals surface area contributed by atoms with Crippen molar-refractivity contribution < 1.29 is 13.2 Å². The minimum absolute atomic E-state index is 0.117. The van der Waals surface area contributed by atoms with Crippen LogP contribution in [0.4, 0.5) is 13.2 Å². The zero-order chi connectivity index (χ0) is 11.4. The van der Waals surface area contributed by atoms with Gasteiger partial charge in [0.25, 0.3) is 0 Å². The average molecular weight is 230 g/mol. The van der Waals surface area contributed by atoms with Gasteiger partial charge in [-0.25, -0.2) is 0 Å². The molecule has 3 nitrogen and oxygen atoms in total. The number of hydrogen-bond acceptors (Lipinski definition) is 3. The van der Waals surface area contributed by atoms with E-state index in [0.717, 1.165) is 5.01 Å².